The molecule has 44 heavy (non-hydrogen) atoms. The molecule has 0 spiro atoms. The van der Waals surface area contributed by atoms with Crippen LogP contribution in [0.2, 0.25) is 0 Å². The summed E-state index contributed by atoms with van der Waals surface area (Å²) < 4.78 is 11.9. The predicted molar refractivity (Wildman–Crippen MR) is 167 cm³/mol. The Bertz CT molecular complexity index is 1040. The number of carbonyl (C=O) groups excluding carboxylic acids is 2. The van der Waals surface area contributed by atoms with E-state index in [2.05, 4.69) is 17.2 Å². The average Bonchev–Trinajstić information content (AvgIpc) is 3.31. The van der Waals surface area contributed by atoms with Gasteiger partial charge in [0.25, 0.3) is 0 Å². The normalized spacial score (nSPS) is 25.2. The summed E-state index contributed by atoms with van der Waals surface area (Å²) in [5.41, 5.74) is -0.775. The third-order valence-electron chi connectivity index (χ3n) is 9.05. The first-order valence-corrected chi connectivity index (χ1v) is 17.0. The molecule has 11 nitrogen and oxygen atoms in total. The molecule has 0 aromatic carbocycles. The lowest BCUT2D eigenvalue weighted by atomic mass is 9.81. The molecule has 2 heterocycles. The van der Waals surface area contributed by atoms with Gasteiger partial charge in [-0.3, -0.25) is 14.2 Å². The highest BCUT2D eigenvalue weighted by molar-refractivity contribution is 5.91. The molecule has 250 valence electrons. The number of aliphatic hydroxyl groups is 3. The SMILES string of the molecule is CCCCCCCCCCCCCCCCOC(=O)C1CCC(C(=O)Nc2ccn([C@@H]3O[C@H](CO)[C@@H](O)[C@@H]3O)c(=O)n2)CC1. The second-order valence-corrected chi connectivity index (χ2v) is 12.5. The van der Waals surface area contributed by atoms with Crippen LogP contribution >= 0.6 is 0 Å². The van der Waals surface area contributed by atoms with Crippen molar-refractivity contribution in [1.29, 1.82) is 0 Å². The Morgan fingerprint density at radius 2 is 1.43 bits per heavy atom. The number of esters is 1. The van der Waals surface area contributed by atoms with Crippen LogP contribution < -0.4 is 11.0 Å². The Balaban J connectivity index is 1.23. The minimum absolute atomic E-state index is 0.0673. The minimum atomic E-state index is -1.41. The molecule has 4 atom stereocenters. The molecule has 0 bridgehead atoms. The maximum Gasteiger partial charge on any atom is 0.351 e. The summed E-state index contributed by atoms with van der Waals surface area (Å²) >= 11 is 0. The van der Waals surface area contributed by atoms with Crippen LogP contribution in [0.25, 0.3) is 0 Å². The Morgan fingerprint density at radius 1 is 0.886 bits per heavy atom. The molecule has 1 saturated heterocycles. The number of ether oxygens (including phenoxy) is 2. The van der Waals surface area contributed by atoms with Crippen molar-refractivity contribution in [3.05, 3.63) is 22.7 Å². The number of aliphatic hydroxyl groups excluding tert-OH is 3. The molecule has 1 aliphatic carbocycles. The van der Waals surface area contributed by atoms with Gasteiger partial charge in [0.15, 0.2) is 6.23 Å². The molecule has 3 rings (SSSR count). The summed E-state index contributed by atoms with van der Waals surface area (Å²) in [6, 6.07) is 1.41. The first-order valence-electron chi connectivity index (χ1n) is 17.0. The van der Waals surface area contributed by atoms with Gasteiger partial charge in [0, 0.05) is 12.1 Å². The quantitative estimate of drug-likeness (QED) is 0.120. The zero-order valence-electron chi connectivity index (χ0n) is 26.5. The lowest BCUT2D eigenvalue weighted by molar-refractivity contribution is -0.150. The van der Waals surface area contributed by atoms with E-state index in [9.17, 15) is 29.7 Å². The summed E-state index contributed by atoms with van der Waals surface area (Å²) in [6.45, 7) is 2.20. The number of hydrogen-bond acceptors (Lipinski definition) is 9. The number of aromatic nitrogens is 2. The molecule has 1 saturated carbocycles. The first-order chi connectivity index (χ1) is 21.3. The second-order valence-electron chi connectivity index (χ2n) is 12.5. The highest BCUT2D eigenvalue weighted by Crippen LogP contribution is 2.31. The highest BCUT2D eigenvalue weighted by atomic mass is 16.6. The smallest absolute Gasteiger partial charge is 0.351 e. The van der Waals surface area contributed by atoms with Crippen LogP contribution in [0.1, 0.15) is 129 Å². The van der Waals surface area contributed by atoms with E-state index in [1.54, 1.807) is 0 Å². The molecule has 2 fully saturated rings. The van der Waals surface area contributed by atoms with Crippen LogP contribution in [-0.4, -0.2) is 68.3 Å². The van der Waals surface area contributed by atoms with E-state index in [0.717, 1.165) is 17.4 Å². The van der Waals surface area contributed by atoms with Crippen molar-refractivity contribution in [2.75, 3.05) is 18.5 Å². The maximum absolute atomic E-state index is 12.8. The summed E-state index contributed by atoms with van der Waals surface area (Å²) in [5.74, 6) is -0.860. The van der Waals surface area contributed by atoms with Crippen LogP contribution in [0.3, 0.4) is 0 Å². The zero-order valence-corrected chi connectivity index (χ0v) is 26.5. The molecule has 0 unspecified atom stereocenters. The number of nitrogens with one attached hydrogen (secondary N) is 1. The number of carbonyl (C=O) groups is 2. The van der Waals surface area contributed by atoms with Crippen molar-refractivity contribution in [2.24, 2.45) is 11.8 Å². The monoisotopic (exact) mass is 621 g/mol. The number of nitrogens with zero attached hydrogens (tertiary/aromatic N) is 2. The molecular formula is C33H55N3O8. The highest BCUT2D eigenvalue weighted by Gasteiger charge is 2.43. The van der Waals surface area contributed by atoms with Gasteiger partial charge in [0.05, 0.1) is 19.1 Å². The average molecular weight is 622 g/mol. The van der Waals surface area contributed by atoms with E-state index in [-0.39, 0.29) is 29.5 Å². The third kappa shape index (κ3) is 11.5. The van der Waals surface area contributed by atoms with Crippen molar-refractivity contribution in [3.8, 4) is 0 Å². The predicted octanol–water partition coefficient (Wildman–Crippen LogP) is 4.62. The van der Waals surface area contributed by atoms with Crippen LogP contribution in [0.4, 0.5) is 5.82 Å². The number of anilines is 1. The molecule has 1 aromatic rings. The molecule has 4 N–H and O–H groups in total. The fourth-order valence-corrected chi connectivity index (χ4v) is 6.19. The Kier molecular flexibility index (Phi) is 16.4. The summed E-state index contributed by atoms with van der Waals surface area (Å²) in [6.07, 6.45) is 16.6. The lowest BCUT2D eigenvalue weighted by Gasteiger charge is -2.26. The van der Waals surface area contributed by atoms with Crippen LogP contribution in [0.5, 0.6) is 0 Å². The van der Waals surface area contributed by atoms with Crippen molar-refractivity contribution >= 4 is 17.7 Å². The van der Waals surface area contributed by atoms with Crippen molar-refractivity contribution in [2.45, 2.75) is 147 Å². The first kappa shape index (κ1) is 36.1. The van der Waals surface area contributed by atoms with Crippen LogP contribution in [-0.2, 0) is 19.1 Å². The number of hydrogen-bond donors (Lipinski definition) is 4. The molecular weight excluding hydrogens is 566 g/mol. The third-order valence-corrected chi connectivity index (χ3v) is 9.05. The van der Waals surface area contributed by atoms with Gasteiger partial charge in [-0.15, -0.1) is 0 Å². The summed E-state index contributed by atoms with van der Waals surface area (Å²) in [5, 5.41) is 32.0. The molecule has 1 amide bonds. The number of rotatable bonds is 20. The van der Waals surface area contributed by atoms with E-state index >= 15 is 0 Å². The molecule has 2 aliphatic rings. The van der Waals surface area contributed by atoms with Gasteiger partial charge in [-0.05, 0) is 38.2 Å². The van der Waals surface area contributed by atoms with Gasteiger partial charge in [0.1, 0.15) is 24.1 Å². The second kappa shape index (κ2) is 19.9. The van der Waals surface area contributed by atoms with E-state index in [4.69, 9.17) is 9.47 Å². The Labute approximate surface area is 261 Å². The molecule has 0 radical (unpaired) electrons. The fraction of sp³-hybridized carbons (Fsp3) is 0.818. The molecule has 1 aliphatic heterocycles. The van der Waals surface area contributed by atoms with Crippen LogP contribution in [0.15, 0.2) is 17.1 Å². The summed E-state index contributed by atoms with van der Waals surface area (Å²) in [7, 11) is 0. The minimum Gasteiger partial charge on any atom is -0.465 e. The van der Waals surface area contributed by atoms with E-state index in [1.807, 2.05) is 0 Å². The molecule has 11 heteroatoms. The number of amides is 1. The maximum atomic E-state index is 12.8. The topological polar surface area (TPSA) is 160 Å². The standard InChI is InChI=1S/C33H55N3O8/c1-2-3-4-5-6-7-8-9-10-11-12-13-14-15-22-43-32(41)25-18-16-24(17-19-25)30(40)34-27-20-21-36(33(42)35-27)31-29(39)28(38)26(23-37)44-31/h20-21,24-26,28-29,31,37-39H,2-19,22-23H2,1H3,(H,34,35,40,42)/t24?,25?,26-,28-,29+,31-/m1/s1. The Morgan fingerprint density at radius 3 is 1.95 bits per heavy atom. The largest absolute Gasteiger partial charge is 0.465 e. The van der Waals surface area contributed by atoms with Gasteiger partial charge in [0.2, 0.25) is 5.91 Å². The van der Waals surface area contributed by atoms with Gasteiger partial charge in [-0.1, -0.05) is 90.4 Å². The van der Waals surface area contributed by atoms with E-state index < -0.39 is 36.8 Å². The molecule has 1 aromatic heterocycles. The van der Waals surface area contributed by atoms with Gasteiger partial charge in [-0.2, -0.15) is 4.98 Å². The summed E-state index contributed by atoms with van der Waals surface area (Å²) in [4.78, 5) is 41.7. The van der Waals surface area contributed by atoms with Gasteiger partial charge >= 0.3 is 11.7 Å². The van der Waals surface area contributed by atoms with E-state index in [1.165, 1.54) is 89.3 Å². The van der Waals surface area contributed by atoms with E-state index in [0.29, 0.717) is 32.3 Å². The Hall–Kier alpha value is -2.34. The van der Waals surface area contributed by atoms with Crippen molar-refractivity contribution in [3.63, 3.8) is 0 Å². The zero-order chi connectivity index (χ0) is 31.7. The fourth-order valence-electron chi connectivity index (χ4n) is 6.19. The van der Waals surface area contributed by atoms with Crippen molar-refractivity contribution < 1.29 is 34.4 Å². The van der Waals surface area contributed by atoms with Gasteiger partial charge < -0.3 is 30.1 Å². The lowest BCUT2D eigenvalue weighted by Crippen LogP contribution is -2.36. The van der Waals surface area contributed by atoms with Crippen LogP contribution in [0, 0.1) is 11.8 Å². The van der Waals surface area contributed by atoms with Crippen molar-refractivity contribution in [1.82, 2.24) is 9.55 Å². The number of unbranched alkanes of at least 4 members (excludes halogenated alkanes) is 13. The van der Waals surface area contributed by atoms with Gasteiger partial charge in [-0.25, -0.2) is 4.79 Å².